The van der Waals surface area contributed by atoms with Crippen LogP contribution in [0, 0.1) is 0 Å². The molecule has 0 saturated heterocycles. The lowest BCUT2D eigenvalue weighted by molar-refractivity contribution is 0.597. The quantitative estimate of drug-likeness (QED) is 0.216. The molecule has 0 amide bonds. The van der Waals surface area contributed by atoms with E-state index in [4.69, 9.17) is 0 Å². The van der Waals surface area contributed by atoms with Gasteiger partial charge < -0.3 is 4.90 Å². The van der Waals surface area contributed by atoms with Gasteiger partial charge in [0, 0.05) is 10.8 Å². The molecule has 0 radical (unpaired) electrons. The molecule has 0 saturated carbocycles. The molecule has 0 atom stereocenters. The highest BCUT2D eigenvalue weighted by Crippen LogP contribution is 2.60. The summed E-state index contributed by atoms with van der Waals surface area (Å²) in [5.74, 6) is 0. The molecule has 0 bridgehead atoms. The fourth-order valence-electron chi connectivity index (χ4n) is 7.48. The summed E-state index contributed by atoms with van der Waals surface area (Å²) < 4.78 is 0. The van der Waals surface area contributed by atoms with E-state index in [1.54, 1.807) is 0 Å². The Labute approximate surface area is 242 Å². The van der Waals surface area contributed by atoms with Crippen molar-refractivity contribution < 1.29 is 0 Å². The Balaban J connectivity index is 1.37. The van der Waals surface area contributed by atoms with Crippen LogP contribution in [0.15, 0.2) is 127 Å². The molecule has 6 aromatic rings. The number of hydrogen-bond acceptors (Lipinski definition) is 1. The van der Waals surface area contributed by atoms with Crippen molar-refractivity contribution in [3.63, 3.8) is 0 Å². The summed E-state index contributed by atoms with van der Waals surface area (Å²) in [4.78, 5) is 2.53. The average Bonchev–Trinajstić information content (AvgIpc) is 3.00. The highest BCUT2D eigenvalue weighted by Gasteiger charge is 2.45. The molecular weight excluding hydrogens is 494 g/mol. The fourth-order valence-corrected chi connectivity index (χ4v) is 7.48. The maximum Gasteiger partial charge on any atom is 0.0543 e. The van der Waals surface area contributed by atoms with Crippen LogP contribution in [-0.4, -0.2) is 0 Å². The SMILES string of the molecule is CC1(C)c2ccccc2N2c3ccc(-c4ccccc4-c4cccc5ccccc45)cc3C(C)(C)c3cccc1c32. The van der Waals surface area contributed by atoms with Gasteiger partial charge in [-0.3, -0.25) is 0 Å². The van der Waals surface area contributed by atoms with E-state index in [0.29, 0.717) is 0 Å². The van der Waals surface area contributed by atoms with Crippen LogP contribution >= 0.6 is 0 Å². The molecule has 41 heavy (non-hydrogen) atoms. The molecule has 0 spiro atoms. The van der Waals surface area contributed by atoms with Crippen LogP contribution in [-0.2, 0) is 10.8 Å². The van der Waals surface area contributed by atoms with Crippen molar-refractivity contribution >= 4 is 27.8 Å². The normalized spacial score (nSPS) is 15.7. The second-order valence-corrected chi connectivity index (χ2v) is 12.6. The van der Waals surface area contributed by atoms with Gasteiger partial charge in [0.15, 0.2) is 0 Å². The van der Waals surface area contributed by atoms with Crippen LogP contribution in [0.1, 0.15) is 49.9 Å². The molecule has 2 aliphatic heterocycles. The van der Waals surface area contributed by atoms with Crippen molar-refractivity contribution in [1.82, 2.24) is 0 Å². The number of fused-ring (bicyclic) bond motifs is 5. The predicted octanol–water partition coefficient (Wildman–Crippen LogP) is 10.9. The van der Waals surface area contributed by atoms with Crippen LogP contribution in [0.5, 0.6) is 0 Å². The Morgan fingerprint density at radius 3 is 1.83 bits per heavy atom. The van der Waals surface area contributed by atoms with Gasteiger partial charge in [-0.05, 0) is 73.5 Å². The zero-order chi connectivity index (χ0) is 27.9. The fraction of sp³-hybridized carbons (Fsp3) is 0.150. The third-order valence-electron chi connectivity index (χ3n) is 9.65. The van der Waals surface area contributed by atoms with Crippen LogP contribution in [0.4, 0.5) is 17.1 Å². The minimum atomic E-state index is -0.149. The van der Waals surface area contributed by atoms with Gasteiger partial charge in [0.25, 0.3) is 0 Å². The smallest absolute Gasteiger partial charge is 0.0543 e. The molecule has 2 heterocycles. The molecule has 0 aromatic heterocycles. The Kier molecular flexibility index (Phi) is 4.98. The average molecular weight is 528 g/mol. The summed E-state index contributed by atoms with van der Waals surface area (Å²) in [7, 11) is 0. The van der Waals surface area contributed by atoms with Gasteiger partial charge in [-0.1, -0.05) is 137 Å². The van der Waals surface area contributed by atoms with Crippen LogP contribution in [0.2, 0.25) is 0 Å². The first kappa shape index (κ1) is 24.2. The van der Waals surface area contributed by atoms with Crippen molar-refractivity contribution in [2.75, 3.05) is 4.90 Å². The molecule has 0 aliphatic carbocycles. The van der Waals surface area contributed by atoms with E-state index >= 15 is 0 Å². The Bertz CT molecular complexity index is 2000. The van der Waals surface area contributed by atoms with Gasteiger partial charge in [-0.2, -0.15) is 0 Å². The third kappa shape index (κ3) is 3.29. The van der Waals surface area contributed by atoms with Crippen LogP contribution in [0.25, 0.3) is 33.0 Å². The summed E-state index contributed by atoms with van der Waals surface area (Å²) in [6, 6.07) is 47.2. The van der Waals surface area contributed by atoms with Crippen LogP contribution in [0.3, 0.4) is 0 Å². The number of benzene rings is 6. The van der Waals surface area contributed by atoms with Gasteiger partial charge >= 0.3 is 0 Å². The lowest BCUT2D eigenvalue weighted by Crippen LogP contribution is -2.38. The second kappa shape index (κ2) is 8.44. The first-order valence-corrected chi connectivity index (χ1v) is 14.6. The lowest BCUT2D eigenvalue weighted by atomic mass is 9.66. The summed E-state index contributed by atoms with van der Waals surface area (Å²) in [5, 5.41) is 2.56. The molecule has 0 N–H and O–H groups in total. The first-order chi connectivity index (χ1) is 19.9. The summed E-state index contributed by atoms with van der Waals surface area (Å²) in [6.45, 7) is 9.53. The maximum atomic E-state index is 2.53. The minimum Gasteiger partial charge on any atom is -0.309 e. The van der Waals surface area contributed by atoms with Crippen molar-refractivity contribution in [2.24, 2.45) is 0 Å². The zero-order valence-corrected chi connectivity index (χ0v) is 24.1. The van der Waals surface area contributed by atoms with Gasteiger partial charge in [-0.15, -0.1) is 0 Å². The Morgan fingerprint density at radius 2 is 1.00 bits per heavy atom. The molecule has 0 fully saturated rings. The summed E-state index contributed by atoms with van der Waals surface area (Å²) in [6.07, 6.45) is 0. The van der Waals surface area contributed by atoms with E-state index in [0.717, 1.165) is 0 Å². The van der Waals surface area contributed by atoms with E-state index in [9.17, 15) is 0 Å². The zero-order valence-electron chi connectivity index (χ0n) is 24.1. The maximum absolute atomic E-state index is 2.53. The number of hydrogen-bond donors (Lipinski definition) is 0. The van der Waals surface area contributed by atoms with Gasteiger partial charge in [0.1, 0.15) is 0 Å². The highest BCUT2D eigenvalue weighted by molar-refractivity contribution is 6.01. The van der Waals surface area contributed by atoms with E-state index in [2.05, 4.69) is 160 Å². The minimum absolute atomic E-state index is 0.0661. The molecule has 198 valence electrons. The molecule has 8 rings (SSSR count). The third-order valence-corrected chi connectivity index (χ3v) is 9.65. The van der Waals surface area contributed by atoms with Crippen molar-refractivity contribution in [3.05, 3.63) is 150 Å². The topological polar surface area (TPSA) is 3.24 Å². The first-order valence-electron chi connectivity index (χ1n) is 14.6. The van der Waals surface area contributed by atoms with E-state index in [1.807, 2.05) is 0 Å². The predicted molar refractivity (Wildman–Crippen MR) is 174 cm³/mol. The number of para-hydroxylation sites is 2. The molecule has 1 nitrogen and oxygen atoms in total. The Hall–Kier alpha value is -4.62. The highest BCUT2D eigenvalue weighted by atomic mass is 15.2. The monoisotopic (exact) mass is 527 g/mol. The second-order valence-electron chi connectivity index (χ2n) is 12.6. The summed E-state index contributed by atoms with van der Waals surface area (Å²) >= 11 is 0. The summed E-state index contributed by atoms with van der Waals surface area (Å²) in [5.41, 5.74) is 14.3. The van der Waals surface area contributed by atoms with E-state index < -0.39 is 0 Å². The van der Waals surface area contributed by atoms with Crippen molar-refractivity contribution in [2.45, 2.75) is 38.5 Å². The molecule has 0 unspecified atom stereocenters. The largest absolute Gasteiger partial charge is 0.309 e. The number of nitrogens with zero attached hydrogens (tertiary/aromatic N) is 1. The molecule has 2 aliphatic rings. The molecule has 1 heteroatoms. The van der Waals surface area contributed by atoms with Gasteiger partial charge in [0.05, 0.1) is 17.1 Å². The van der Waals surface area contributed by atoms with Crippen molar-refractivity contribution in [3.8, 4) is 22.3 Å². The molecule has 6 aromatic carbocycles. The van der Waals surface area contributed by atoms with Crippen molar-refractivity contribution in [1.29, 1.82) is 0 Å². The molecular formula is C40H33N. The standard InChI is InChI=1S/C40H33N/c1-39(2)32-19-9-10-22-36(32)41-37-24-23-27(25-35(37)40(3,4)34-21-12-20-33(39)38(34)41)29-16-7-8-17-30(29)31-18-11-14-26-13-5-6-15-28(26)31/h5-25H,1-4H3. The van der Waals surface area contributed by atoms with E-state index in [-0.39, 0.29) is 10.8 Å². The number of rotatable bonds is 2. The lowest BCUT2D eigenvalue weighted by Gasteiger charge is -2.49. The van der Waals surface area contributed by atoms with Crippen LogP contribution < -0.4 is 4.90 Å². The van der Waals surface area contributed by atoms with Gasteiger partial charge in [-0.25, -0.2) is 0 Å². The number of anilines is 3. The van der Waals surface area contributed by atoms with E-state index in [1.165, 1.54) is 72.3 Å². The van der Waals surface area contributed by atoms with Gasteiger partial charge in [0.2, 0.25) is 0 Å². The Morgan fingerprint density at radius 1 is 0.439 bits per heavy atom.